The summed E-state index contributed by atoms with van der Waals surface area (Å²) in [7, 11) is -2.19. The van der Waals surface area contributed by atoms with Gasteiger partial charge in [-0.3, -0.25) is 24.0 Å². The number of hydrogen-bond acceptors (Lipinski definition) is 8. The molecule has 272 valence electrons. The van der Waals surface area contributed by atoms with Crippen LogP contribution in [0.25, 0.3) is 0 Å². The second-order valence-corrected chi connectivity index (χ2v) is 18.3. The summed E-state index contributed by atoms with van der Waals surface area (Å²) in [5, 5.41) is 24.8. The van der Waals surface area contributed by atoms with E-state index in [-0.39, 0.29) is 24.6 Å². The summed E-state index contributed by atoms with van der Waals surface area (Å²) >= 11 is 0. The number of aromatic nitrogens is 2. The van der Waals surface area contributed by atoms with E-state index in [0.29, 0.717) is 30.5 Å². The minimum atomic E-state index is -3.87. The van der Waals surface area contributed by atoms with Crippen LogP contribution in [0.5, 0.6) is 0 Å². The standard InChI is InChI=1S/C36H56N6O6S/c1-23-18-28(40-41(23)7)32(44)38-31(36(5,6)49(8,47)48)34(46)37-27(19-24-14-10-9-11-15-24)30(43)22-42-21-26-17-13-12-16-25(26)20-29(42)33(45)39-35(2,3)4/h9-11,14-15,18,25-27,29-31,43H,12-13,16-17,19-22H2,1-8H3,(H,37,46)(H,38,44)(H,39,45). The maximum Gasteiger partial charge on any atom is 0.272 e. The molecular formula is C36H56N6O6S. The third kappa shape index (κ3) is 9.70. The van der Waals surface area contributed by atoms with E-state index >= 15 is 0 Å². The summed E-state index contributed by atoms with van der Waals surface area (Å²) in [6.45, 7) is 11.2. The van der Waals surface area contributed by atoms with Gasteiger partial charge >= 0.3 is 0 Å². The molecule has 1 aromatic carbocycles. The molecule has 3 amide bonds. The maximum atomic E-state index is 14.2. The van der Waals surface area contributed by atoms with Crippen molar-refractivity contribution in [1.82, 2.24) is 30.6 Å². The third-order valence-electron chi connectivity index (χ3n) is 10.4. The predicted octanol–water partition coefficient (Wildman–Crippen LogP) is 2.53. The molecule has 49 heavy (non-hydrogen) atoms. The van der Waals surface area contributed by atoms with Crippen molar-refractivity contribution in [2.45, 2.75) is 115 Å². The largest absolute Gasteiger partial charge is 0.390 e. The van der Waals surface area contributed by atoms with Crippen molar-refractivity contribution in [2.24, 2.45) is 18.9 Å². The molecule has 1 aliphatic heterocycles. The molecular weight excluding hydrogens is 644 g/mol. The first kappa shape index (κ1) is 38.5. The van der Waals surface area contributed by atoms with E-state index in [0.717, 1.165) is 37.5 Å². The van der Waals surface area contributed by atoms with E-state index in [1.54, 1.807) is 20.0 Å². The van der Waals surface area contributed by atoms with Gasteiger partial charge in [0.15, 0.2) is 9.84 Å². The van der Waals surface area contributed by atoms with Crippen LogP contribution in [0.1, 0.15) is 88.5 Å². The van der Waals surface area contributed by atoms with E-state index in [4.69, 9.17) is 0 Å². The molecule has 12 nitrogen and oxygen atoms in total. The number of piperidine rings is 1. The number of fused-ring (bicyclic) bond motifs is 1. The van der Waals surface area contributed by atoms with Gasteiger partial charge in [-0.25, -0.2) is 8.42 Å². The van der Waals surface area contributed by atoms with Crippen LogP contribution in [-0.2, 0) is 32.9 Å². The maximum absolute atomic E-state index is 14.2. The molecule has 0 radical (unpaired) electrons. The summed E-state index contributed by atoms with van der Waals surface area (Å²) in [5.74, 6) is -0.640. The molecule has 2 aliphatic rings. The number of benzene rings is 1. The molecule has 2 aromatic rings. The molecule has 2 heterocycles. The molecule has 1 saturated carbocycles. The monoisotopic (exact) mass is 700 g/mol. The highest BCUT2D eigenvalue weighted by molar-refractivity contribution is 7.92. The van der Waals surface area contributed by atoms with E-state index in [1.165, 1.54) is 18.5 Å². The summed E-state index contributed by atoms with van der Waals surface area (Å²) in [5.41, 5.74) is 1.20. The zero-order valence-electron chi connectivity index (χ0n) is 30.3. The molecule has 0 spiro atoms. The molecule has 1 saturated heterocycles. The average molecular weight is 701 g/mol. The van der Waals surface area contributed by atoms with Crippen molar-refractivity contribution < 1.29 is 27.9 Å². The van der Waals surface area contributed by atoms with E-state index in [9.17, 15) is 27.9 Å². The quantitative estimate of drug-likeness (QED) is 0.263. The number of aliphatic hydroxyl groups excluding tert-OH is 1. The Balaban J connectivity index is 1.63. The van der Waals surface area contributed by atoms with Crippen molar-refractivity contribution >= 4 is 27.6 Å². The molecule has 0 bridgehead atoms. The minimum Gasteiger partial charge on any atom is -0.390 e. The van der Waals surface area contributed by atoms with Crippen LogP contribution in [0.15, 0.2) is 36.4 Å². The van der Waals surface area contributed by atoms with Gasteiger partial charge in [-0.2, -0.15) is 5.10 Å². The fourth-order valence-corrected chi connectivity index (χ4v) is 7.65. The van der Waals surface area contributed by atoms with Crippen LogP contribution in [0.4, 0.5) is 0 Å². The smallest absolute Gasteiger partial charge is 0.272 e. The van der Waals surface area contributed by atoms with Crippen molar-refractivity contribution in [3.63, 3.8) is 0 Å². The fourth-order valence-electron chi connectivity index (χ4n) is 7.06. The Morgan fingerprint density at radius 1 is 1.02 bits per heavy atom. The summed E-state index contributed by atoms with van der Waals surface area (Å²) < 4.78 is 25.8. The van der Waals surface area contributed by atoms with Gasteiger partial charge in [0.1, 0.15) is 11.7 Å². The van der Waals surface area contributed by atoms with E-state index in [1.807, 2.05) is 51.1 Å². The number of carbonyl (C=O) groups excluding carboxylic acids is 3. The number of β-amino-alcohol motifs (C(OH)–C–C–N with tert-alkyl or cyclic N) is 1. The molecule has 4 rings (SSSR count). The van der Waals surface area contributed by atoms with Crippen molar-refractivity contribution in [3.8, 4) is 0 Å². The first-order valence-corrected chi connectivity index (χ1v) is 19.3. The second kappa shape index (κ2) is 15.3. The van der Waals surface area contributed by atoms with Crippen LogP contribution in [0.3, 0.4) is 0 Å². The molecule has 13 heteroatoms. The molecule has 4 N–H and O–H groups in total. The summed E-state index contributed by atoms with van der Waals surface area (Å²) in [4.78, 5) is 43.2. The average Bonchev–Trinajstić information content (AvgIpc) is 3.35. The number of amides is 3. The Kier molecular flexibility index (Phi) is 12.0. The topological polar surface area (TPSA) is 163 Å². The van der Waals surface area contributed by atoms with Crippen LogP contribution >= 0.6 is 0 Å². The van der Waals surface area contributed by atoms with Crippen LogP contribution in [0.2, 0.25) is 0 Å². The Labute approximate surface area is 291 Å². The number of nitrogens with zero attached hydrogens (tertiary/aromatic N) is 3. The fraction of sp³-hybridized carbons (Fsp3) is 0.667. The number of hydrogen-bond donors (Lipinski definition) is 4. The van der Waals surface area contributed by atoms with Crippen LogP contribution in [0, 0.1) is 18.8 Å². The number of likely N-dealkylation sites (tertiary alicyclic amines) is 1. The van der Waals surface area contributed by atoms with E-state index in [2.05, 4.69) is 25.9 Å². The Morgan fingerprint density at radius 2 is 1.65 bits per heavy atom. The normalized spacial score (nSPS) is 22.3. The molecule has 6 atom stereocenters. The van der Waals surface area contributed by atoms with Gasteiger partial charge in [0.05, 0.1) is 22.9 Å². The van der Waals surface area contributed by atoms with Gasteiger partial charge in [0.25, 0.3) is 5.91 Å². The first-order chi connectivity index (χ1) is 22.8. The van der Waals surface area contributed by atoms with Gasteiger partial charge in [-0.1, -0.05) is 49.6 Å². The predicted molar refractivity (Wildman–Crippen MR) is 190 cm³/mol. The zero-order valence-corrected chi connectivity index (χ0v) is 31.1. The number of aliphatic hydroxyl groups is 1. The van der Waals surface area contributed by atoms with Gasteiger partial charge in [-0.15, -0.1) is 0 Å². The Hall–Kier alpha value is -3.29. The van der Waals surface area contributed by atoms with Crippen molar-refractivity contribution in [3.05, 3.63) is 53.3 Å². The minimum absolute atomic E-state index is 0.0497. The van der Waals surface area contributed by atoms with Crippen LogP contribution in [-0.4, -0.2) is 99.8 Å². The zero-order chi connectivity index (χ0) is 36.3. The summed E-state index contributed by atoms with van der Waals surface area (Å²) in [6.07, 6.45) is 5.32. The SMILES string of the molecule is Cc1cc(C(=O)NC(C(=O)NC(Cc2ccccc2)C(O)CN2CC3CCCCC3CC2C(=O)NC(C)(C)C)C(C)(C)S(C)(=O)=O)nn1C. The number of carbonyl (C=O) groups is 3. The number of aryl methyl sites for hydroxylation is 2. The highest BCUT2D eigenvalue weighted by Gasteiger charge is 2.46. The van der Waals surface area contributed by atoms with E-state index < -0.39 is 56.2 Å². The third-order valence-corrected chi connectivity index (χ3v) is 12.5. The van der Waals surface area contributed by atoms with Crippen molar-refractivity contribution in [2.75, 3.05) is 19.3 Å². The lowest BCUT2D eigenvalue weighted by Gasteiger charge is -2.47. The van der Waals surface area contributed by atoms with Gasteiger partial charge in [0, 0.05) is 37.6 Å². The Bertz CT molecular complexity index is 1560. The lowest BCUT2D eigenvalue weighted by atomic mass is 9.72. The second-order valence-electron chi connectivity index (χ2n) is 15.7. The molecule has 1 aliphatic carbocycles. The van der Waals surface area contributed by atoms with Crippen molar-refractivity contribution in [1.29, 1.82) is 0 Å². The number of sulfone groups is 1. The first-order valence-electron chi connectivity index (χ1n) is 17.4. The molecule has 2 fully saturated rings. The molecule has 6 unspecified atom stereocenters. The lowest BCUT2D eigenvalue weighted by molar-refractivity contribution is -0.133. The highest BCUT2D eigenvalue weighted by atomic mass is 32.2. The molecule has 1 aromatic heterocycles. The lowest BCUT2D eigenvalue weighted by Crippen LogP contribution is -2.64. The van der Waals surface area contributed by atoms with Gasteiger partial charge in [0.2, 0.25) is 11.8 Å². The number of rotatable bonds is 12. The Morgan fingerprint density at radius 3 is 2.22 bits per heavy atom. The van der Waals surface area contributed by atoms with Gasteiger partial charge in [-0.05, 0) is 84.3 Å². The van der Waals surface area contributed by atoms with Gasteiger partial charge < -0.3 is 21.1 Å². The summed E-state index contributed by atoms with van der Waals surface area (Å²) in [6, 6.07) is 8.14. The van der Waals surface area contributed by atoms with Crippen LogP contribution < -0.4 is 16.0 Å². The highest BCUT2D eigenvalue weighted by Crippen LogP contribution is 2.39. The number of nitrogens with one attached hydrogen (secondary N) is 3.